The minimum Gasteiger partial charge on any atom is -0.497 e. The summed E-state index contributed by atoms with van der Waals surface area (Å²) in [7, 11) is 5.59. The first kappa shape index (κ1) is 17.7. The number of benzene rings is 2. The lowest BCUT2D eigenvalue weighted by Crippen LogP contribution is -2.45. The summed E-state index contributed by atoms with van der Waals surface area (Å²) in [6.45, 7) is 1.48. The normalized spacial score (nSPS) is 15.4. The Hall–Kier alpha value is -2.73. The number of rotatable bonds is 4. The van der Waals surface area contributed by atoms with Crippen molar-refractivity contribution in [2.45, 2.75) is 13.1 Å². The second kappa shape index (κ2) is 6.78. The fraction of sp³-hybridized carbons (Fsp3) is 0.300. The summed E-state index contributed by atoms with van der Waals surface area (Å²) in [6.07, 6.45) is 0. The van der Waals surface area contributed by atoms with Gasteiger partial charge in [-0.25, -0.2) is 0 Å². The number of amides is 1. The van der Waals surface area contributed by atoms with Gasteiger partial charge in [-0.3, -0.25) is 4.79 Å². The van der Waals surface area contributed by atoms with Gasteiger partial charge in [0.25, 0.3) is 5.91 Å². The molecule has 0 spiro atoms. The van der Waals surface area contributed by atoms with Crippen molar-refractivity contribution in [3.05, 3.63) is 52.5 Å². The molecule has 2 aromatic rings. The van der Waals surface area contributed by atoms with Crippen LogP contribution < -0.4 is 14.5 Å². The van der Waals surface area contributed by atoms with E-state index in [9.17, 15) is 4.79 Å². The molecule has 2 aromatic carbocycles. The van der Waals surface area contributed by atoms with E-state index in [-0.39, 0.29) is 12.5 Å². The SMILES string of the molecule is COc1ccc(CN2Cc3c(ccc(N(C)C)c3Cl)N3CC(=O)N=C23)cc1. The number of halogens is 1. The Labute approximate surface area is 163 Å². The van der Waals surface area contributed by atoms with Gasteiger partial charge >= 0.3 is 0 Å². The molecule has 27 heavy (non-hydrogen) atoms. The highest BCUT2D eigenvalue weighted by Crippen LogP contribution is 2.40. The highest BCUT2D eigenvalue weighted by molar-refractivity contribution is 6.35. The number of hydrogen-bond acceptors (Lipinski definition) is 5. The zero-order valence-corrected chi connectivity index (χ0v) is 16.3. The average Bonchev–Trinajstić information content (AvgIpc) is 3.05. The van der Waals surface area contributed by atoms with Crippen molar-refractivity contribution in [3.63, 3.8) is 0 Å². The lowest BCUT2D eigenvalue weighted by molar-refractivity contribution is -0.115. The molecular weight excluding hydrogens is 364 g/mol. The van der Waals surface area contributed by atoms with Crippen molar-refractivity contribution < 1.29 is 9.53 Å². The fourth-order valence-corrected chi connectivity index (χ4v) is 3.92. The van der Waals surface area contributed by atoms with Gasteiger partial charge in [0.2, 0.25) is 5.96 Å². The van der Waals surface area contributed by atoms with Crippen LogP contribution in [0.15, 0.2) is 41.4 Å². The number of hydrogen-bond donors (Lipinski definition) is 0. The van der Waals surface area contributed by atoms with Gasteiger partial charge in [-0.05, 0) is 29.8 Å². The zero-order chi connectivity index (χ0) is 19.1. The topological polar surface area (TPSA) is 48.4 Å². The van der Waals surface area contributed by atoms with Gasteiger partial charge in [0.05, 0.1) is 23.5 Å². The summed E-state index contributed by atoms with van der Waals surface area (Å²) in [5, 5.41) is 0.718. The zero-order valence-electron chi connectivity index (χ0n) is 15.6. The number of nitrogens with zero attached hydrogens (tertiary/aromatic N) is 4. The Morgan fingerprint density at radius 2 is 1.89 bits per heavy atom. The fourth-order valence-electron chi connectivity index (χ4n) is 3.53. The molecule has 2 aliphatic heterocycles. The number of aliphatic imine (C=N–C) groups is 1. The molecule has 0 fully saturated rings. The Kier molecular flexibility index (Phi) is 4.44. The third-order valence-corrected chi connectivity index (χ3v) is 5.32. The summed E-state index contributed by atoms with van der Waals surface area (Å²) in [5.74, 6) is 1.37. The third-order valence-electron chi connectivity index (χ3n) is 4.89. The third kappa shape index (κ3) is 3.10. The second-order valence-electron chi connectivity index (χ2n) is 6.89. The molecule has 6 nitrogen and oxygen atoms in total. The van der Waals surface area contributed by atoms with E-state index in [4.69, 9.17) is 16.3 Å². The van der Waals surface area contributed by atoms with E-state index in [1.165, 1.54) is 0 Å². The monoisotopic (exact) mass is 384 g/mol. The number of methoxy groups -OCH3 is 1. The summed E-state index contributed by atoms with van der Waals surface area (Å²) in [5.41, 5.74) is 4.05. The maximum absolute atomic E-state index is 12.0. The molecular formula is C20H21ClN4O2. The molecule has 0 aliphatic carbocycles. The summed E-state index contributed by atoms with van der Waals surface area (Å²) < 4.78 is 5.23. The summed E-state index contributed by atoms with van der Waals surface area (Å²) in [4.78, 5) is 22.4. The lowest BCUT2D eigenvalue weighted by Gasteiger charge is -2.38. The van der Waals surface area contributed by atoms with Crippen molar-refractivity contribution in [3.8, 4) is 5.75 Å². The number of anilines is 2. The molecule has 0 saturated carbocycles. The Morgan fingerprint density at radius 3 is 2.56 bits per heavy atom. The number of ether oxygens (including phenoxy) is 1. The van der Waals surface area contributed by atoms with E-state index in [2.05, 4.69) is 9.89 Å². The first-order chi connectivity index (χ1) is 13.0. The van der Waals surface area contributed by atoms with Crippen molar-refractivity contribution in [1.82, 2.24) is 4.90 Å². The molecule has 0 N–H and O–H groups in total. The van der Waals surface area contributed by atoms with Crippen LogP contribution in [0.2, 0.25) is 5.02 Å². The molecule has 0 unspecified atom stereocenters. The van der Waals surface area contributed by atoms with Gasteiger partial charge in [-0.2, -0.15) is 4.99 Å². The van der Waals surface area contributed by atoms with E-state index >= 15 is 0 Å². The van der Waals surface area contributed by atoms with E-state index in [1.54, 1.807) is 7.11 Å². The van der Waals surface area contributed by atoms with Crippen LogP contribution in [0.3, 0.4) is 0 Å². The molecule has 1 amide bonds. The highest BCUT2D eigenvalue weighted by atomic mass is 35.5. The van der Waals surface area contributed by atoms with Gasteiger partial charge < -0.3 is 19.4 Å². The first-order valence-corrected chi connectivity index (χ1v) is 9.11. The van der Waals surface area contributed by atoms with Crippen LogP contribution in [-0.4, -0.2) is 44.5 Å². The van der Waals surface area contributed by atoms with Gasteiger partial charge in [0.1, 0.15) is 12.3 Å². The van der Waals surface area contributed by atoms with Crippen LogP contribution in [0.4, 0.5) is 11.4 Å². The van der Waals surface area contributed by atoms with Crippen LogP contribution in [0.5, 0.6) is 5.75 Å². The Balaban J connectivity index is 1.72. The maximum Gasteiger partial charge on any atom is 0.268 e. The molecule has 2 aliphatic rings. The standard InChI is InChI=1S/C20H21ClN4O2/c1-23(2)17-9-8-16-15(19(17)21)11-24(20-22-18(26)12-25(16)20)10-13-4-6-14(27-3)7-5-13/h4-9H,10-12H2,1-3H3. The predicted molar refractivity (Wildman–Crippen MR) is 108 cm³/mol. The van der Waals surface area contributed by atoms with Crippen LogP contribution in [0.1, 0.15) is 11.1 Å². The molecule has 0 aromatic heterocycles. The van der Waals surface area contributed by atoms with Crippen molar-refractivity contribution >= 4 is 34.8 Å². The first-order valence-electron chi connectivity index (χ1n) is 8.73. The molecule has 0 radical (unpaired) electrons. The van der Waals surface area contributed by atoms with Crippen molar-refractivity contribution in [2.75, 3.05) is 37.5 Å². The lowest BCUT2D eigenvalue weighted by atomic mass is 10.1. The van der Waals surface area contributed by atoms with Crippen LogP contribution in [-0.2, 0) is 17.9 Å². The molecule has 7 heteroatoms. The van der Waals surface area contributed by atoms with Crippen LogP contribution in [0.25, 0.3) is 0 Å². The minimum absolute atomic E-state index is 0.134. The molecule has 140 valence electrons. The number of carbonyl (C=O) groups excluding carboxylic acids is 1. The van der Waals surface area contributed by atoms with Crippen LogP contribution >= 0.6 is 11.6 Å². The summed E-state index contributed by atoms with van der Waals surface area (Å²) >= 11 is 6.72. The minimum atomic E-state index is -0.134. The number of guanidine groups is 1. The van der Waals surface area contributed by atoms with Gasteiger partial charge in [0.15, 0.2) is 0 Å². The quantitative estimate of drug-likeness (QED) is 0.810. The molecule has 0 bridgehead atoms. The molecule has 4 rings (SSSR count). The molecule has 2 heterocycles. The summed E-state index contributed by atoms with van der Waals surface area (Å²) in [6, 6.07) is 11.9. The van der Waals surface area contributed by atoms with Crippen molar-refractivity contribution in [2.24, 2.45) is 4.99 Å². The largest absolute Gasteiger partial charge is 0.497 e. The van der Waals surface area contributed by atoms with Gasteiger partial charge in [-0.15, -0.1) is 0 Å². The van der Waals surface area contributed by atoms with E-state index < -0.39 is 0 Å². The van der Waals surface area contributed by atoms with Crippen LogP contribution in [0, 0.1) is 0 Å². The van der Waals surface area contributed by atoms with Gasteiger partial charge in [0, 0.05) is 32.7 Å². The molecule has 0 atom stereocenters. The van der Waals surface area contributed by atoms with E-state index in [0.717, 1.165) is 33.3 Å². The maximum atomic E-state index is 12.0. The van der Waals surface area contributed by atoms with Crippen molar-refractivity contribution in [1.29, 1.82) is 0 Å². The van der Waals surface area contributed by atoms with E-state index in [1.807, 2.05) is 60.3 Å². The Morgan fingerprint density at radius 1 is 1.15 bits per heavy atom. The van der Waals surface area contributed by atoms with Gasteiger partial charge in [-0.1, -0.05) is 23.7 Å². The smallest absolute Gasteiger partial charge is 0.268 e. The number of fused-ring (bicyclic) bond motifs is 3. The number of carbonyl (C=O) groups is 1. The molecule has 0 saturated heterocycles. The predicted octanol–water partition coefficient (Wildman–Crippen LogP) is 3.13. The average molecular weight is 385 g/mol. The Bertz CT molecular complexity index is 924. The van der Waals surface area contributed by atoms with E-state index in [0.29, 0.717) is 19.0 Å². The second-order valence-corrected chi connectivity index (χ2v) is 7.26. The highest BCUT2D eigenvalue weighted by Gasteiger charge is 2.36.